The van der Waals surface area contributed by atoms with Crippen molar-refractivity contribution < 1.29 is 18.9 Å². The number of ether oxygens (including phenoxy) is 4. The van der Waals surface area contributed by atoms with E-state index in [1.165, 1.54) is 0 Å². The van der Waals surface area contributed by atoms with E-state index in [9.17, 15) is 0 Å². The number of halogens is 1. The van der Waals surface area contributed by atoms with Gasteiger partial charge in [-0.2, -0.15) is 0 Å². The Morgan fingerprint density at radius 1 is 1.04 bits per heavy atom. The number of nitrogens with one attached hydrogen (secondary N) is 2. The first-order valence-corrected chi connectivity index (χ1v) is 7.51. The number of nitrogens with zero attached hydrogens (tertiary/aromatic N) is 1. The third-order valence-corrected chi connectivity index (χ3v) is 3.22. The maximum atomic E-state index is 5.43. The molecule has 0 unspecified atom stereocenters. The Bertz CT molecular complexity index is 487. The molecular weight excluding hydrogens is 425 g/mol. The van der Waals surface area contributed by atoms with Crippen molar-refractivity contribution in [3.05, 3.63) is 17.7 Å². The van der Waals surface area contributed by atoms with Crippen LogP contribution in [-0.2, 0) is 11.3 Å². The molecule has 0 fully saturated rings. The number of benzene rings is 1. The highest BCUT2D eigenvalue weighted by atomic mass is 127. The topological polar surface area (TPSA) is 73.3 Å². The Hall–Kier alpha value is -1.42. The molecule has 0 heterocycles. The SMILES string of the molecule is CCOCCNC(=NC)NCc1c(OC)cc(OC)cc1OC.I. The number of guanidine groups is 1. The van der Waals surface area contributed by atoms with E-state index in [4.69, 9.17) is 18.9 Å². The average Bonchev–Trinajstić information content (AvgIpc) is 2.60. The normalized spacial score (nSPS) is 10.6. The molecule has 7 nitrogen and oxygen atoms in total. The first-order chi connectivity index (χ1) is 11.2. The van der Waals surface area contributed by atoms with Crippen LogP contribution >= 0.6 is 24.0 Å². The van der Waals surface area contributed by atoms with Crippen LogP contribution in [0.25, 0.3) is 0 Å². The van der Waals surface area contributed by atoms with Gasteiger partial charge >= 0.3 is 0 Å². The average molecular weight is 453 g/mol. The van der Waals surface area contributed by atoms with Gasteiger partial charge in [-0.05, 0) is 6.92 Å². The third kappa shape index (κ3) is 7.00. The standard InChI is InChI=1S/C16H27N3O4.HI/c1-6-23-8-7-18-16(17-2)19-11-13-14(21-4)9-12(20-3)10-15(13)22-5;/h9-10H,6-8,11H2,1-5H3,(H2,17,18,19);1H. The first kappa shape index (κ1) is 22.6. The molecule has 0 radical (unpaired) electrons. The van der Waals surface area contributed by atoms with Gasteiger partial charge in [0, 0.05) is 32.3 Å². The van der Waals surface area contributed by atoms with E-state index in [1.807, 2.05) is 19.1 Å². The van der Waals surface area contributed by atoms with Crippen molar-refractivity contribution in [3.8, 4) is 17.2 Å². The van der Waals surface area contributed by atoms with Crippen LogP contribution in [0.5, 0.6) is 17.2 Å². The smallest absolute Gasteiger partial charge is 0.191 e. The molecule has 0 amide bonds. The first-order valence-electron chi connectivity index (χ1n) is 7.51. The van der Waals surface area contributed by atoms with Crippen LogP contribution in [0.1, 0.15) is 12.5 Å². The van der Waals surface area contributed by atoms with E-state index in [0.29, 0.717) is 49.5 Å². The molecular formula is C16H28IN3O4. The molecule has 0 aromatic heterocycles. The summed E-state index contributed by atoms with van der Waals surface area (Å²) in [6.45, 7) is 4.49. The van der Waals surface area contributed by atoms with Crippen LogP contribution in [0, 0.1) is 0 Å². The summed E-state index contributed by atoms with van der Waals surface area (Å²) in [5.74, 6) is 2.75. The van der Waals surface area contributed by atoms with Gasteiger partial charge in [0.2, 0.25) is 0 Å². The van der Waals surface area contributed by atoms with Crippen molar-refractivity contribution >= 4 is 29.9 Å². The molecule has 0 aliphatic carbocycles. The number of hydrogen-bond donors (Lipinski definition) is 2. The molecule has 1 rings (SSSR count). The minimum atomic E-state index is 0. The second kappa shape index (κ2) is 12.9. The fraction of sp³-hybridized carbons (Fsp3) is 0.562. The zero-order valence-corrected chi connectivity index (χ0v) is 17.3. The van der Waals surface area contributed by atoms with Gasteiger partial charge in [-0.3, -0.25) is 4.99 Å². The fourth-order valence-corrected chi connectivity index (χ4v) is 2.03. The number of methoxy groups -OCH3 is 3. The van der Waals surface area contributed by atoms with Gasteiger partial charge in [-0.25, -0.2) is 0 Å². The van der Waals surface area contributed by atoms with Crippen LogP contribution < -0.4 is 24.8 Å². The van der Waals surface area contributed by atoms with Gasteiger partial charge in [0.25, 0.3) is 0 Å². The number of hydrogen-bond acceptors (Lipinski definition) is 5. The fourth-order valence-electron chi connectivity index (χ4n) is 2.03. The Kier molecular flexibility index (Phi) is 12.2. The largest absolute Gasteiger partial charge is 0.496 e. The minimum absolute atomic E-state index is 0. The highest BCUT2D eigenvalue weighted by Gasteiger charge is 2.13. The lowest BCUT2D eigenvalue weighted by Gasteiger charge is -2.17. The van der Waals surface area contributed by atoms with E-state index in [-0.39, 0.29) is 24.0 Å². The lowest BCUT2D eigenvalue weighted by molar-refractivity contribution is 0.152. The van der Waals surface area contributed by atoms with Crippen molar-refractivity contribution in [2.75, 3.05) is 48.1 Å². The van der Waals surface area contributed by atoms with E-state index in [0.717, 1.165) is 5.56 Å². The molecule has 1 aromatic rings. The number of rotatable bonds is 9. The van der Waals surface area contributed by atoms with Crippen LogP contribution in [0.2, 0.25) is 0 Å². The van der Waals surface area contributed by atoms with Gasteiger partial charge < -0.3 is 29.6 Å². The van der Waals surface area contributed by atoms with Gasteiger partial charge in [0.15, 0.2) is 5.96 Å². The molecule has 138 valence electrons. The summed E-state index contributed by atoms with van der Waals surface area (Å²) in [6, 6.07) is 3.65. The van der Waals surface area contributed by atoms with Crippen LogP contribution in [0.15, 0.2) is 17.1 Å². The quantitative estimate of drug-likeness (QED) is 0.258. The maximum absolute atomic E-state index is 5.43. The lowest BCUT2D eigenvalue weighted by atomic mass is 10.1. The summed E-state index contributed by atoms with van der Waals surface area (Å²) >= 11 is 0. The zero-order chi connectivity index (χ0) is 17.1. The van der Waals surface area contributed by atoms with Gasteiger partial charge in [-0.1, -0.05) is 0 Å². The molecule has 0 bridgehead atoms. The summed E-state index contributed by atoms with van der Waals surface area (Å²) < 4.78 is 21.4. The molecule has 0 aliphatic rings. The Morgan fingerprint density at radius 3 is 2.12 bits per heavy atom. The van der Waals surface area contributed by atoms with Crippen LogP contribution in [0.4, 0.5) is 0 Å². The van der Waals surface area contributed by atoms with Gasteiger partial charge in [0.05, 0.1) is 40.0 Å². The molecule has 0 saturated carbocycles. The molecule has 0 spiro atoms. The van der Waals surface area contributed by atoms with E-state index in [2.05, 4.69) is 15.6 Å². The van der Waals surface area contributed by atoms with Gasteiger partial charge in [0.1, 0.15) is 17.2 Å². The second-order valence-corrected chi connectivity index (χ2v) is 4.56. The van der Waals surface area contributed by atoms with E-state index >= 15 is 0 Å². The number of aliphatic imine (C=N–C) groups is 1. The highest BCUT2D eigenvalue weighted by Crippen LogP contribution is 2.33. The molecule has 24 heavy (non-hydrogen) atoms. The predicted molar refractivity (Wildman–Crippen MR) is 106 cm³/mol. The molecule has 1 aromatic carbocycles. The zero-order valence-electron chi connectivity index (χ0n) is 15.0. The predicted octanol–water partition coefficient (Wildman–Crippen LogP) is 2.03. The summed E-state index contributed by atoms with van der Waals surface area (Å²) in [4.78, 5) is 4.18. The van der Waals surface area contributed by atoms with Crippen LogP contribution in [-0.4, -0.2) is 54.1 Å². The molecule has 0 saturated heterocycles. The summed E-state index contributed by atoms with van der Waals surface area (Å²) in [5.41, 5.74) is 0.892. The van der Waals surface area contributed by atoms with Crippen molar-refractivity contribution in [2.45, 2.75) is 13.5 Å². The van der Waals surface area contributed by atoms with Crippen molar-refractivity contribution in [1.82, 2.24) is 10.6 Å². The third-order valence-electron chi connectivity index (χ3n) is 3.22. The highest BCUT2D eigenvalue weighted by molar-refractivity contribution is 14.0. The molecule has 2 N–H and O–H groups in total. The minimum Gasteiger partial charge on any atom is -0.496 e. The second-order valence-electron chi connectivity index (χ2n) is 4.56. The van der Waals surface area contributed by atoms with Crippen molar-refractivity contribution in [2.24, 2.45) is 4.99 Å². The molecule has 0 aliphatic heterocycles. The summed E-state index contributed by atoms with van der Waals surface area (Å²) in [7, 11) is 6.56. The monoisotopic (exact) mass is 453 g/mol. The summed E-state index contributed by atoms with van der Waals surface area (Å²) in [5, 5.41) is 6.41. The van der Waals surface area contributed by atoms with Crippen molar-refractivity contribution in [3.63, 3.8) is 0 Å². The lowest BCUT2D eigenvalue weighted by Crippen LogP contribution is -2.38. The maximum Gasteiger partial charge on any atom is 0.191 e. The van der Waals surface area contributed by atoms with Crippen molar-refractivity contribution in [1.29, 1.82) is 0 Å². The van der Waals surface area contributed by atoms with Gasteiger partial charge in [-0.15, -0.1) is 24.0 Å². The van der Waals surface area contributed by atoms with Crippen LogP contribution in [0.3, 0.4) is 0 Å². The Morgan fingerprint density at radius 2 is 1.67 bits per heavy atom. The molecule has 8 heteroatoms. The molecule has 0 atom stereocenters. The summed E-state index contributed by atoms with van der Waals surface area (Å²) in [6.07, 6.45) is 0. The Balaban J connectivity index is 0.00000529. The Labute approximate surface area is 161 Å². The van der Waals surface area contributed by atoms with E-state index in [1.54, 1.807) is 28.4 Å². The van der Waals surface area contributed by atoms with E-state index < -0.39 is 0 Å².